The number of carbonyl (C=O) groups is 1. The minimum absolute atomic E-state index is 0.0309. The number of aromatic nitrogens is 3. The van der Waals surface area contributed by atoms with Gasteiger partial charge in [0.25, 0.3) is 0 Å². The van der Waals surface area contributed by atoms with E-state index >= 15 is 0 Å². The van der Waals surface area contributed by atoms with Crippen LogP contribution in [0.15, 0.2) is 24.3 Å². The summed E-state index contributed by atoms with van der Waals surface area (Å²) in [5.74, 6) is 0.669. The lowest BCUT2D eigenvalue weighted by Gasteiger charge is -2.24. The fourth-order valence-corrected chi connectivity index (χ4v) is 4.07. The van der Waals surface area contributed by atoms with Crippen molar-refractivity contribution < 1.29 is 22.7 Å². The van der Waals surface area contributed by atoms with Crippen LogP contribution >= 0.6 is 0 Å². The van der Waals surface area contributed by atoms with Crippen molar-refractivity contribution in [2.75, 3.05) is 11.1 Å². The van der Waals surface area contributed by atoms with Crippen molar-refractivity contribution in [1.82, 2.24) is 19.5 Å². The number of aryl methyl sites for hydroxylation is 1. The molecule has 2 aromatic heterocycles. The van der Waals surface area contributed by atoms with E-state index in [9.17, 15) is 18.0 Å². The van der Waals surface area contributed by atoms with Gasteiger partial charge in [-0.15, -0.1) is 10.2 Å². The molecule has 1 aromatic carbocycles. The van der Waals surface area contributed by atoms with Gasteiger partial charge >= 0.3 is 12.3 Å². The Balaban J connectivity index is 1.70. The number of ether oxygens (including phenoxy) is 1. The molecular formula is C23H27F3N6O2. The number of pyridine rings is 1. The standard InChI is InChI=1S/C23H27F3N6O2/c1-12(14-6-15(23(24,25)26)8-16(27)7-14)28-18-9-20-30-29-13(2)32(20)19-11-31(10-17(18)19)21(33)34-22(3,4)5/h6-9,12,28H,10-11,27H2,1-5H3. The molecule has 4 rings (SSSR count). The number of hydrogen-bond donors (Lipinski definition) is 2. The predicted octanol–water partition coefficient (Wildman–Crippen LogP) is 5.06. The number of anilines is 2. The monoisotopic (exact) mass is 476 g/mol. The molecule has 182 valence electrons. The molecule has 3 aromatic rings. The highest BCUT2D eigenvalue weighted by Gasteiger charge is 2.33. The number of nitrogen functional groups attached to an aromatic ring is 1. The molecule has 1 atom stereocenters. The lowest BCUT2D eigenvalue weighted by atomic mass is 10.0. The van der Waals surface area contributed by atoms with Crippen molar-refractivity contribution in [2.45, 2.75) is 65.5 Å². The predicted molar refractivity (Wildman–Crippen MR) is 121 cm³/mol. The van der Waals surface area contributed by atoms with E-state index in [0.29, 0.717) is 29.3 Å². The van der Waals surface area contributed by atoms with Crippen LogP contribution in [0.25, 0.3) is 5.65 Å². The molecule has 3 N–H and O–H groups in total. The van der Waals surface area contributed by atoms with E-state index in [2.05, 4.69) is 15.5 Å². The first-order valence-electron chi connectivity index (χ1n) is 10.8. The summed E-state index contributed by atoms with van der Waals surface area (Å²) in [6, 6.07) is 4.79. The zero-order chi connectivity index (χ0) is 25.0. The highest BCUT2D eigenvalue weighted by Crippen LogP contribution is 2.36. The number of hydrogen-bond acceptors (Lipinski definition) is 6. The number of alkyl halides is 3. The molecule has 0 bridgehead atoms. The molecule has 0 spiro atoms. The van der Waals surface area contributed by atoms with E-state index in [1.54, 1.807) is 38.7 Å². The second kappa shape index (κ2) is 8.07. The van der Waals surface area contributed by atoms with Crippen molar-refractivity contribution in [1.29, 1.82) is 0 Å². The van der Waals surface area contributed by atoms with E-state index in [1.165, 1.54) is 6.07 Å². The average molecular weight is 477 g/mol. The molecule has 11 heteroatoms. The van der Waals surface area contributed by atoms with Gasteiger partial charge in [0.1, 0.15) is 11.4 Å². The molecule has 8 nitrogen and oxygen atoms in total. The highest BCUT2D eigenvalue weighted by molar-refractivity contribution is 5.72. The Kier molecular flexibility index (Phi) is 5.61. The summed E-state index contributed by atoms with van der Waals surface area (Å²) >= 11 is 0. The molecule has 34 heavy (non-hydrogen) atoms. The molecule has 0 aliphatic carbocycles. The summed E-state index contributed by atoms with van der Waals surface area (Å²) in [6.07, 6.45) is -4.95. The molecule has 1 unspecified atom stereocenters. The van der Waals surface area contributed by atoms with E-state index < -0.39 is 29.5 Å². The molecule has 3 heterocycles. The quantitative estimate of drug-likeness (QED) is 0.513. The number of nitrogens with zero attached hydrogens (tertiary/aromatic N) is 4. The van der Waals surface area contributed by atoms with Crippen LogP contribution in [-0.4, -0.2) is 31.2 Å². The molecular weight excluding hydrogens is 449 g/mol. The van der Waals surface area contributed by atoms with Gasteiger partial charge in [-0.2, -0.15) is 13.2 Å². The maximum absolute atomic E-state index is 13.3. The van der Waals surface area contributed by atoms with Crippen LogP contribution in [0.1, 0.15) is 61.9 Å². The Morgan fingerprint density at radius 1 is 1.15 bits per heavy atom. The molecule has 1 aliphatic rings. The Morgan fingerprint density at radius 3 is 2.50 bits per heavy atom. The number of nitrogens with one attached hydrogen (secondary N) is 1. The van der Waals surface area contributed by atoms with Gasteiger partial charge in [-0.25, -0.2) is 4.79 Å². The van der Waals surface area contributed by atoms with Gasteiger partial charge in [-0.3, -0.25) is 9.30 Å². The Morgan fingerprint density at radius 2 is 1.85 bits per heavy atom. The third-order valence-corrected chi connectivity index (χ3v) is 5.59. The van der Waals surface area contributed by atoms with Gasteiger partial charge in [0.15, 0.2) is 5.65 Å². The minimum Gasteiger partial charge on any atom is -0.444 e. The van der Waals surface area contributed by atoms with E-state index in [0.717, 1.165) is 23.4 Å². The summed E-state index contributed by atoms with van der Waals surface area (Å²) in [6.45, 7) is 9.53. The number of halogens is 3. The first-order chi connectivity index (χ1) is 15.7. The largest absolute Gasteiger partial charge is 0.444 e. The van der Waals surface area contributed by atoms with Crippen LogP contribution in [0.5, 0.6) is 0 Å². The fraction of sp³-hybridized carbons (Fsp3) is 0.435. The fourth-order valence-electron chi connectivity index (χ4n) is 4.07. The lowest BCUT2D eigenvalue weighted by Crippen LogP contribution is -2.33. The zero-order valence-electron chi connectivity index (χ0n) is 19.6. The van der Waals surface area contributed by atoms with Gasteiger partial charge < -0.3 is 15.8 Å². The van der Waals surface area contributed by atoms with Crippen molar-refractivity contribution >= 4 is 23.1 Å². The Labute approximate surface area is 194 Å². The molecule has 0 fully saturated rings. The van der Waals surface area contributed by atoms with Gasteiger partial charge in [0, 0.05) is 29.0 Å². The number of amides is 1. The van der Waals surface area contributed by atoms with Crippen molar-refractivity contribution in [3.63, 3.8) is 0 Å². The third-order valence-electron chi connectivity index (χ3n) is 5.59. The molecule has 0 saturated carbocycles. The normalized spacial score (nSPS) is 14.9. The van der Waals surface area contributed by atoms with Crippen LogP contribution in [0.2, 0.25) is 0 Å². The van der Waals surface area contributed by atoms with Crippen LogP contribution in [-0.2, 0) is 24.0 Å². The van der Waals surface area contributed by atoms with Crippen LogP contribution in [0, 0.1) is 6.92 Å². The lowest BCUT2D eigenvalue weighted by molar-refractivity contribution is -0.137. The van der Waals surface area contributed by atoms with Crippen LogP contribution in [0.4, 0.5) is 29.3 Å². The maximum Gasteiger partial charge on any atom is 0.416 e. The van der Waals surface area contributed by atoms with E-state index in [4.69, 9.17) is 10.5 Å². The maximum atomic E-state index is 13.3. The molecule has 0 saturated heterocycles. The van der Waals surface area contributed by atoms with Crippen molar-refractivity contribution in [3.8, 4) is 0 Å². The van der Waals surface area contributed by atoms with Crippen LogP contribution < -0.4 is 11.1 Å². The second-order valence-electron chi connectivity index (χ2n) is 9.51. The van der Waals surface area contributed by atoms with E-state index in [-0.39, 0.29) is 12.2 Å². The van der Waals surface area contributed by atoms with E-state index in [1.807, 2.05) is 11.3 Å². The van der Waals surface area contributed by atoms with Gasteiger partial charge in [-0.05, 0) is 58.4 Å². The van der Waals surface area contributed by atoms with Gasteiger partial charge in [0.2, 0.25) is 0 Å². The summed E-state index contributed by atoms with van der Waals surface area (Å²) in [4.78, 5) is 14.3. The minimum atomic E-state index is -4.50. The number of benzene rings is 1. The highest BCUT2D eigenvalue weighted by atomic mass is 19.4. The summed E-state index contributed by atoms with van der Waals surface area (Å²) in [5.41, 5.74) is 7.60. The third kappa shape index (κ3) is 4.59. The number of carbonyl (C=O) groups excluding carboxylic acids is 1. The molecule has 1 amide bonds. The number of fused-ring (bicyclic) bond motifs is 3. The van der Waals surface area contributed by atoms with Crippen LogP contribution in [0.3, 0.4) is 0 Å². The number of rotatable bonds is 3. The summed E-state index contributed by atoms with van der Waals surface area (Å²) in [7, 11) is 0. The zero-order valence-corrected chi connectivity index (χ0v) is 19.6. The molecule has 1 aliphatic heterocycles. The molecule has 0 radical (unpaired) electrons. The average Bonchev–Trinajstić information content (AvgIpc) is 3.29. The Bertz CT molecular complexity index is 1260. The van der Waals surface area contributed by atoms with Crippen molar-refractivity contribution in [2.24, 2.45) is 0 Å². The van der Waals surface area contributed by atoms with Gasteiger partial charge in [0.05, 0.1) is 24.3 Å². The smallest absolute Gasteiger partial charge is 0.416 e. The SMILES string of the molecule is Cc1nnc2cc(NC(C)c3cc(N)cc(C(F)(F)F)c3)c3c(n12)CN(C(=O)OC(C)(C)C)C3. The Hall–Kier alpha value is -3.50. The summed E-state index contributed by atoms with van der Waals surface area (Å²) in [5, 5.41) is 11.6. The topological polar surface area (TPSA) is 97.8 Å². The van der Waals surface area contributed by atoms with Gasteiger partial charge in [-0.1, -0.05) is 0 Å². The number of nitrogens with two attached hydrogens (primary N) is 1. The van der Waals surface area contributed by atoms with Crippen molar-refractivity contribution in [3.05, 3.63) is 52.5 Å². The summed E-state index contributed by atoms with van der Waals surface area (Å²) < 4.78 is 47.3. The first-order valence-corrected chi connectivity index (χ1v) is 10.8. The second-order valence-corrected chi connectivity index (χ2v) is 9.51. The first kappa shape index (κ1) is 23.7.